The number of nitrogens with one attached hydrogen (secondary N) is 1. The maximum absolute atomic E-state index is 13.1. The number of hydrogen-bond donors (Lipinski definition) is 2. The quantitative estimate of drug-likeness (QED) is 0.836. The van der Waals surface area contributed by atoms with Crippen molar-refractivity contribution in [1.82, 2.24) is 5.32 Å². The molecule has 4 nitrogen and oxygen atoms in total. The summed E-state index contributed by atoms with van der Waals surface area (Å²) in [6.45, 7) is 0. The van der Waals surface area contributed by atoms with Gasteiger partial charge in [-0.3, -0.25) is 4.79 Å². The number of hydrogen-bond acceptors (Lipinski definition) is 2. The predicted molar refractivity (Wildman–Crippen MR) is 56.0 cm³/mol. The van der Waals surface area contributed by atoms with E-state index < -0.39 is 47.2 Å². The van der Waals surface area contributed by atoms with Gasteiger partial charge in [-0.25, -0.2) is 9.18 Å². The first-order valence-corrected chi connectivity index (χ1v) is 5.30. The lowest BCUT2D eigenvalue weighted by molar-refractivity contribution is -0.175. The first kappa shape index (κ1) is 17.7. The van der Waals surface area contributed by atoms with E-state index in [0.717, 1.165) is 5.32 Å². The van der Waals surface area contributed by atoms with Gasteiger partial charge in [-0.05, 0) is 23.8 Å². The van der Waals surface area contributed by atoms with Gasteiger partial charge in [0.15, 0.2) is 6.04 Å². The minimum Gasteiger partial charge on any atom is -0.479 e. The molecule has 0 heterocycles. The van der Waals surface area contributed by atoms with Crippen LogP contribution in [0, 0.1) is 5.82 Å². The van der Waals surface area contributed by atoms with E-state index in [1.807, 2.05) is 0 Å². The van der Waals surface area contributed by atoms with Crippen molar-refractivity contribution in [3.63, 3.8) is 0 Å². The molecular formula is C11H6F7NO3. The van der Waals surface area contributed by atoms with Crippen molar-refractivity contribution in [3.8, 4) is 0 Å². The third kappa shape index (κ3) is 4.33. The summed E-state index contributed by atoms with van der Waals surface area (Å²) >= 11 is 0. The lowest BCUT2D eigenvalue weighted by atomic mass is 10.0. The van der Waals surface area contributed by atoms with Gasteiger partial charge >= 0.3 is 24.2 Å². The van der Waals surface area contributed by atoms with Crippen molar-refractivity contribution in [2.45, 2.75) is 18.4 Å². The van der Waals surface area contributed by atoms with E-state index >= 15 is 0 Å². The smallest absolute Gasteiger partial charge is 0.471 e. The number of rotatable bonds is 3. The molecule has 0 aromatic heterocycles. The van der Waals surface area contributed by atoms with E-state index in [0.29, 0.717) is 0 Å². The van der Waals surface area contributed by atoms with E-state index in [4.69, 9.17) is 5.11 Å². The van der Waals surface area contributed by atoms with Gasteiger partial charge in [0.1, 0.15) is 5.82 Å². The maximum Gasteiger partial charge on any atom is 0.471 e. The van der Waals surface area contributed by atoms with Crippen LogP contribution in [0.2, 0.25) is 0 Å². The molecule has 0 fully saturated rings. The summed E-state index contributed by atoms with van der Waals surface area (Å²) in [7, 11) is 0. The fourth-order valence-corrected chi connectivity index (χ4v) is 1.44. The van der Waals surface area contributed by atoms with E-state index in [1.165, 1.54) is 0 Å². The molecule has 0 spiro atoms. The van der Waals surface area contributed by atoms with Gasteiger partial charge in [0.25, 0.3) is 0 Å². The van der Waals surface area contributed by atoms with Gasteiger partial charge in [0.2, 0.25) is 0 Å². The summed E-state index contributed by atoms with van der Waals surface area (Å²) in [5.74, 6) is -6.29. The minimum atomic E-state index is -5.45. The van der Waals surface area contributed by atoms with Crippen molar-refractivity contribution in [3.05, 3.63) is 35.1 Å². The number of aliphatic carboxylic acids is 1. The second-order valence-electron chi connectivity index (χ2n) is 4.01. The zero-order valence-corrected chi connectivity index (χ0v) is 10.2. The molecular weight excluding hydrogens is 327 g/mol. The average molecular weight is 333 g/mol. The number of carboxylic acids is 1. The molecule has 1 unspecified atom stereocenters. The Balaban J connectivity index is 3.26. The van der Waals surface area contributed by atoms with Crippen molar-refractivity contribution in [2.24, 2.45) is 0 Å². The highest BCUT2D eigenvalue weighted by atomic mass is 19.4. The molecule has 11 heteroatoms. The zero-order chi connectivity index (χ0) is 17.3. The summed E-state index contributed by atoms with van der Waals surface area (Å²) in [5, 5.41) is 9.72. The fourth-order valence-electron chi connectivity index (χ4n) is 1.44. The molecule has 1 aromatic rings. The fraction of sp³-hybridized carbons (Fsp3) is 0.273. The third-order valence-electron chi connectivity index (χ3n) is 2.36. The molecule has 1 aromatic carbocycles. The van der Waals surface area contributed by atoms with Gasteiger partial charge in [0.05, 0.1) is 5.56 Å². The van der Waals surface area contributed by atoms with Gasteiger partial charge < -0.3 is 10.4 Å². The summed E-state index contributed by atoms with van der Waals surface area (Å²) in [4.78, 5) is 21.6. The van der Waals surface area contributed by atoms with E-state index in [1.54, 1.807) is 0 Å². The normalized spacial score (nSPS) is 13.6. The van der Waals surface area contributed by atoms with Gasteiger partial charge in [-0.15, -0.1) is 0 Å². The maximum atomic E-state index is 13.1. The van der Waals surface area contributed by atoms with E-state index in [-0.39, 0.29) is 18.2 Å². The van der Waals surface area contributed by atoms with Crippen LogP contribution >= 0.6 is 0 Å². The summed E-state index contributed by atoms with van der Waals surface area (Å²) < 4.78 is 86.8. The van der Waals surface area contributed by atoms with Gasteiger partial charge in [0, 0.05) is 0 Å². The van der Waals surface area contributed by atoms with Crippen LogP contribution in [-0.2, 0) is 15.8 Å². The Morgan fingerprint density at radius 2 is 1.59 bits per heavy atom. The van der Waals surface area contributed by atoms with Crippen molar-refractivity contribution >= 4 is 11.9 Å². The number of halogens is 7. The Hall–Kier alpha value is -2.33. The average Bonchev–Trinajstić information content (AvgIpc) is 2.31. The van der Waals surface area contributed by atoms with Crippen LogP contribution in [0.25, 0.3) is 0 Å². The summed E-state index contributed by atoms with van der Waals surface area (Å²) in [5.41, 5.74) is -2.59. The molecule has 0 saturated heterocycles. The monoisotopic (exact) mass is 333 g/mol. The highest BCUT2D eigenvalue weighted by Gasteiger charge is 2.41. The summed E-state index contributed by atoms with van der Waals surface area (Å²) in [6, 6.07) is -2.04. The molecule has 0 aliphatic carbocycles. The van der Waals surface area contributed by atoms with Gasteiger partial charge in [-0.2, -0.15) is 26.3 Å². The Morgan fingerprint density at radius 1 is 1.05 bits per heavy atom. The van der Waals surface area contributed by atoms with E-state index in [2.05, 4.69) is 0 Å². The Bertz CT molecular complexity index is 594. The largest absolute Gasteiger partial charge is 0.479 e. The highest BCUT2D eigenvalue weighted by molar-refractivity contribution is 5.87. The van der Waals surface area contributed by atoms with Gasteiger partial charge in [-0.1, -0.05) is 0 Å². The molecule has 0 saturated carbocycles. The lowest BCUT2D eigenvalue weighted by Gasteiger charge is -2.17. The zero-order valence-electron chi connectivity index (χ0n) is 10.2. The molecule has 0 radical (unpaired) electrons. The summed E-state index contributed by atoms with van der Waals surface area (Å²) in [6.07, 6.45) is -10.5. The lowest BCUT2D eigenvalue weighted by Crippen LogP contribution is -2.42. The van der Waals surface area contributed by atoms with Crippen molar-refractivity contribution < 1.29 is 45.4 Å². The standard InChI is InChI=1S/C11H6F7NO3/c12-6-2-4(1-5(3-6)10(13,14)15)7(8(20)21)19-9(22)11(16,17)18/h1-3,7H,(H,19,22)(H,20,21). The van der Waals surface area contributed by atoms with Crippen LogP contribution in [0.1, 0.15) is 17.2 Å². The molecule has 0 aliphatic heterocycles. The molecule has 1 atom stereocenters. The number of benzene rings is 1. The molecule has 22 heavy (non-hydrogen) atoms. The molecule has 0 aliphatic rings. The van der Waals surface area contributed by atoms with Crippen molar-refractivity contribution in [2.75, 3.05) is 0 Å². The number of amides is 1. The first-order chi connectivity index (χ1) is 9.82. The van der Waals surface area contributed by atoms with Crippen LogP contribution in [0.5, 0.6) is 0 Å². The van der Waals surface area contributed by atoms with Crippen LogP contribution in [0.4, 0.5) is 30.7 Å². The Morgan fingerprint density at radius 3 is 2.00 bits per heavy atom. The van der Waals surface area contributed by atoms with Crippen LogP contribution in [-0.4, -0.2) is 23.2 Å². The second-order valence-corrected chi connectivity index (χ2v) is 4.01. The number of carbonyl (C=O) groups is 2. The van der Waals surface area contributed by atoms with E-state index in [9.17, 15) is 40.3 Å². The second kappa shape index (κ2) is 5.81. The molecule has 1 rings (SSSR count). The van der Waals surface area contributed by atoms with Crippen LogP contribution in [0.3, 0.4) is 0 Å². The number of carboxylic acid groups (broad SMARTS) is 1. The molecule has 0 bridgehead atoms. The first-order valence-electron chi connectivity index (χ1n) is 5.30. The number of alkyl halides is 6. The number of carbonyl (C=O) groups excluding carboxylic acids is 1. The SMILES string of the molecule is O=C(O)C(NC(=O)C(F)(F)F)c1cc(F)cc(C(F)(F)F)c1. The van der Waals surface area contributed by atoms with Crippen LogP contribution in [0.15, 0.2) is 18.2 Å². The Labute approximate surface area is 117 Å². The van der Waals surface area contributed by atoms with Crippen LogP contribution < -0.4 is 5.32 Å². The third-order valence-corrected chi connectivity index (χ3v) is 2.36. The molecule has 1 amide bonds. The Kier molecular flexibility index (Phi) is 4.68. The minimum absolute atomic E-state index is 0.0357. The topological polar surface area (TPSA) is 66.4 Å². The highest BCUT2D eigenvalue weighted by Crippen LogP contribution is 2.32. The molecule has 122 valence electrons. The predicted octanol–water partition coefficient (Wildman–Crippen LogP) is 2.65. The molecule has 2 N–H and O–H groups in total. The van der Waals surface area contributed by atoms with Crippen molar-refractivity contribution in [1.29, 1.82) is 0 Å².